The van der Waals surface area contributed by atoms with Crippen molar-refractivity contribution < 1.29 is 4.79 Å². The summed E-state index contributed by atoms with van der Waals surface area (Å²) in [7, 11) is 0. The lowest BCUT2D eigenvalue weighted by Gasteiger charge is -2.25. The third-order valence-electron chi connectivity index (χ3n) is 4.67. The van der Waals surface area contributed by atoms with E-state index < -0.39 is 0 Å². The van der Waals surface area contributed by atoms with Gasteiger partial charge >= 0.3 is 0 Å². The second-order valence-corrected chi connectivity index (χ2v) is 10.3. The molecule has 0 N–H and O–H groups in total. The standard InChI is InChI=1S/C20H18ClN3OS3/c1-12-11-14-5-3-4-6-17(14)23(12)18(25)13(2)27-19-22-24(20(26)28-19)16-9-7-15(21)8-10-16/h3-10,12-13H,11H2,1-2H3. The van der Waals surface area contributed by atoms with E-state index >= 15 is 0 Å². The number of aromatic nitrogens is 2. The first-order valence-electron chi connectivity index (χ1n) is 8.88. The molecule has 0 radical (unpaired) electrons. The molecule has 2 aromatic carbocycles. The molecule has 1 aliphatic heterocycles. The van der Waals surface area contributed by atoms with Gasteiger partial charge in [0.25, 0.3) is 0 Å². The Balaban J connectivity index is 1.53. The number of thioether (sulfide) groups is 1. The van der Waals surface area contributed by atoms with Crippen LogP contribution in [0, 0.1) is 3.95 Å². The van der Waals surface area contributed by atoms with Crippen molar-refractivity contribution in [1.29, 1.82) is 0 Å². The Morgan fingerprint density at radius 3 is 2.75 bits per heavy atom. The van der Waals surface area contributed by atoms with E-state index in [1.807, 2.05) is 54.3 Å². The van der Waals surface area contributed by atoms with Gasteiger partial charge < -0.3 is 4.90 Å². The molecule has 2 heterocycles. The molecule has 2 unspecified atom stereocenters. The van der Waals surface area contributed by atoms with E-state index in [1.54, 1.807) is 4.68 Å². The van der Waals surface area contributed by atoms with Gasteiger partial charge in [0.15, 0.2) is 8.29 Å². The molecule has 28 heavy (non-hydrogen) atoms. The van der Waals surface area contributed by atoms with Gasteiger partial charge in [0.05, 0.1) is 10.9 Å². The van der Waals surface area contributed by atoms with E-state index in [0.29, 0.717) is 8.98 Å². The molecule has 0 fully saturated rings. The quantitative estimate of drug-likeness (QED) is 0.375. The zero-order valence-electron chi connectivity index (χ0n) is 15.3. The number of carbonyl (C=O) groups is 1. The van der Waals surface area contributed by atoms with E-state index in [2.05, 4.69) is 18.1 Å². The monoisotopic (exact) mass is 447 g/mol. The molecule has 144 valence electrons. The molecule has 0 saturated carbocycles. The molecule has 8 heteroatoms. The SMILES string of the molecule is CC(Sc1nn(-c2ccc(Cl)cc2)c(=S)s1)C(=O)N1c2ccccc2CC1C. The molecule has 0 bridgehead atoms. The minimum atomic E-state index is -0.257. The van der Waals surface area contributed by atoms with Crippen LogP contribution in [0.2, 0.25) is 5.02 Å². The molecule has 2 atom stereocenters. The lowest BCUT2D eigenvalue weighted by atomic mass is 10.1. The summed E-state index contributed by atoms with van der Waals surface area (Å²) in [6, 6.07) is 15.7. The van der Waals surface area contributed by atoms with Gasteiger partial charge in [-0.15, -0.1) is 5.10 Å². The average Bonchev–Trinajstić information content (AvgIpc) is 3.20. The number of hydrogen-bond acceptors (Lipinski definition) is 5. The summed E-state index contributed by atoms with van der Waals surface area (Å²) in [5.41, 5.74) is 3.11. The molecule has 0 aliphatic carbocycles. The summed E-state index contributed by atoms with van der Waals surface area (Å²) < 4.78 is 3.13. The Morgan fingerprint density at radius 2 is 2.00 bits per heavy atom. The number of nitrogens with zero attached hydrogens (tertiary/aromatic N) is 3. The zero-order chi connectivity index (χ0) is 19.8. The van der Waals surface area contributed by atoms with Crippen LogP contribution in [0.5, 0.6) is 0 Å². The molecule has 0 spiro atoms. The maximum atomic E-state index is 13.2. The third kappa shape index (κ3) is 3.76. The number of carbonyl (C=O) groups excluding carboxylic acids is 1. The van der Waals surface area contributed by atoms with Crippen molar-refractivity contribution >= 4 is 58.5 Å². The average molecular weight is 448 g/mol. The highest BCUT2D eigenvalue weighted by atomic mass is 35.5. The van der Waals surface area contributed by atoms with Crippen molar-refractivity contribution in [3.05, 3.63) is 63.1 Å². The van der Waals surface area contributed by atoms with E-state index in [0.717, 1.165) is 22.1 Å². The highest BCUT2D eigenvalue weighted by Crippen LogP contribution is 2.35. The second kappa shape index (κ2) is 7.99. The number of halogens is 1. The van der Waals surface area contributed by atoms with Crippen molar-refractivity contribution in [3.8, 4) is 5.69 Å². The Labute approximate surface area is 182 Å². The number of anilines is 1. The van der Waals surface area contributed by atoms with Crippen molar-refractivity contribution in [1.82, 2.24) is 9.78 Å². The summed E-state index contributed by atoms with van der Waals surface area (Å²) in [4.78, 5) is 15.1. The molecule has 3 aromatic rings. The van der Waals surface area contributed by atoms with Gasteiger partial charge in [-0.2, -0.15) is 0 Å². The fraction of sp³-hybridized carbons (Fsp3) is 0.250. The molecule has 1 amide bonds. The van der Waals surface area contributed by atoms with E-state index in [9.17, 15) is 4.79 Å². The fourth-order valence-electron chi connectivity index (χ4n) is 3.35. The summed E-state index contributed by atoms with van der Waals surface area (Å²) >= 11 is 14.3. The maximum absolute atomic E-state index is 13.2. The highest BCUT2D eigenvalue weighted by molar-refractivity contribution is 8.02. The molecule has 4 nitrogen and oxygen atoms in total. The van der Waals surface area contributed by atoms with Gasteiger partial charge in [-0.25, -0.2) is 4.68 Å². The summed E-state index contributed by atoms with van der Waals surface area (Å²) in [6.07, 6.45) is 0.892. The van der Waals surface area contributed by atoms with Crippen LogP contribution in [-0.4, -0.2) is 27.0 Å². The van der Waals surface area contributed by atoms with Gasteiger partial charge in [-0.05, 0) is 68.4 Å². The lowest BCUT2D eigenvalue weighted by molar-refractivity contribution is -0.118. The van der Waals surface area contributed by atoms with Crippen LogP contribution in [0.15, 0.2) is 52.9 Å². The highest BCUT2D eigenvalue weighted by Gasteiger charge is 2.33. The van der Waals surface area contributed by atoms with Gasteiger partial charge in [-0.1, -0.05) is 52.9 Å². The minimum absolute atomic E-state index is 0.0987. The van der Waals surface area contributed by atoms with Crippen molar-refractivity contribution in [2.75, 3.05) is 4.90 Å². The number of fused-ring (bicyclic) bond motifs is 1. The Kier molecular flexibility index (Phi) is 5.60. The second-order valence-electron chi connectivity index (χ2n) is 6.67. The van der Waals surface area contributed by atoms with Gasteiger partial charge in [0, 0.05) is 16.8 Å². The Morgan fingerprint density at radius 1 is 1.29 bits per heavy atom. The van der Waals surface area contributed by atoms with E-state index in [1.165, 1.54) is 28.7 Å². The Bertz CT molecular complexity index is 1080. The van der Waals surface area contributed by atoms with Crippen LogP contribution in [-0.2, 0) is 11.2 Å². The maximum Gasteiger partial charge on any atom is 0.240 e. The number of para-hydroxylation sites is 1. The third-order valence-corrected chi connectivity index (χ3v) is 7.33. The molecule has 4 rings (SSSR count). The predicted molar refractivity (Wildman–Crippen MR) is 120 cm³/mol. The van der Waals surface area contributed by atoms with Crippen LogP contribution < -0.4 is 4.90 Å². The minimum Gasteiger partial charge on any atom is -0.308 e. The predicted octanol–water partition coefficient (Wildman–Crippen LogP) is 5.78. The zero-order valence-corrected chi connectivity index (χ0v) is 18.5. The number of amides is 1. The summed E-state index contributed by atoms with van der Waals surface area (Å²) in [5, 5.41) is 5.01. The first-order valence-corrected chi connectivity index (χ1v) is 11.4. The summed E-state index contributed by atoms with van der Waals surface area (Å²) in [5.74, 6) is 0.0987. The topological polar surface area (TPSA) is 38.1 Å². The molecule has 0 saturated heterocycles. The van der Waals surface area contributed by atoms with Crippen LogP contribution in [0.4, 0.5) is 5.69 Å². The van der Waals surface area contributed by atoms with Crippen LogP contribution in [0.25, 0.3) is 5.69 Å². The first-order chi connectivity index (χ1) is 13.4. The number of benzene rings is 2. The summed E-state index contributed by atoms with van der Waals surface area (Å²) in [6.45, 7) is 4.02. The molecule has 1 aromatic heterocycles. The molecular weight excluding hydrogens is 430 g/mol. The van der Waals surface area contributed by atoms with Crippen molar-refractivity contribution in [2.24, 2.45) is 0 Å². The van der Waals surface area contributed by atoms with Crippen LogP contribution >= 0.6 is 46.9 Å². The molecule has 1 aliphatic rings. The van der Waals surface area contributed by atoms with Crippen molar-refractivity contribution in [3.63, 3.8) is 0 Å². The van der Waals surface area contributed by atoms with E-state index in [4.69, 9.17) is 23.8 Å². The Hall–Kier alpha value is -1.67. The van der Waals surface area contributed by atoms with Gasteiger partial charge in [0.2, 0.25) is 5.91 Å². The van der Waals surface area contributed by atoms with E-state index in [-0.39, 0.29) is 17.2 Å². The lowest BCUT2D eigenvalue weighted by Crippen LogP contribution is -2.40. The normalized spacial score (nSPS) is 16.8. The van der Waals surface area contributed by atoms with Gasteiger partial charge in [0.1, 0.15) is 0 Å². The van der Waals surface area contributed by atoms with Crippen LogP contribution in [0.3, 0.4) is 0 Å². The van der Waals surface area contributed by atoms with Gasteiger partial charge in [-0.3, -0.25) is 4.79 Å². The smallest absolute Gasteiger partial charge is 0.240 e. The number of rotatable bonds is 4. The van der Waals surface area contributed by atoms with Crippen molar-refractivity contribution in [2.45, 2.75) is 35.9 Å². The van der Waals surface area contributed by atoms with Crippen LogP contribution in [0.1, 0.15) is 19.4 Å². The molecular formula is C20H18ClN3OS3. The first kappa shape index (κ1) is 19.6. The fourth-order valence-corrected chi connectivity index (χ4v) is 6.03. The number of hydrogen-bond donors (Lipinski definition) is 0. The largest absolute Gasteiger partial charge is 0.308 e.